The second-order valence-electron chi connectivity index (χ2n) is 5.95. The first-order valence-corrected chi connectivity index (χ1v) is 8.60. The third kappa shape index (κ3) is 3.16. The van der Waals surface area contributed by atoms with Crippen molar-refractivity contribution in [3.63, 3.8) is 0 Å². The lowest BCUT2D eigenvalue weighted by atomic mass is 9.95. The van der Waals surface area contributed by atoms with Gasteiger partial charge >= 0.3 is 0 Å². The van der Waals surface area contributed by atoms with E-state index in [4.69, 9.17) is 0 Å². The Labute approximate surface area is 91.4 Å². The third-order valence-electron chi connectivity index (χ3n) is 3.81. The van der Waals surface area contributed by atoms with Crippen molar-refractivity contribution in [2.75, 3.05) is 25.3 Å². The SMILES string of the molecule is CC(C)(CC1CCCCN1)S(C)(C)C. The van der Waals surface area contributed by atoms with Gasteiger partial charge in [-0.3, -0.25) is 0 Å². The predicted molar refractivity (Wildman–Crippen MR) is 69.7 cm³/mol. The van der Waals surface area contributed by atoms with Crippen LogP contribution in [0, 0.1) is 0 Å². The maximum atomic E-state index is 3.66. The molecule has 1 saturated heterocycles. The van der Waals surface area contributed by atoms with E-state index in [1.165, 1.54) is 32.2 Å². The highest BCUT2D eigenvalue weighted by Gasteiger charge is 2.31. The van der Waals surface area contributed by atoms with Gasteiger partial charge in [0.1, 0.15) is 0 Å². The van der Waals surface area contributed by atoms with Crippen molar-refractivity contribution in [3.05, 3.63) is 0 Å². The number of piperidine rings is 1. The second kappa shape index (κ2) is 4.44. The van der Waals surface area contributed by atoms with Gasteiger partial charge in [-0.1, -0.05) is 20.3 Å². The van der Waals surface area contributed by atoms with Gasteiger partial charge in [0.15, 0.2) is 0 Å². The van der Waals surface area contributed by atoms with Crippen LogP contribution in [0.4, 0.5) is 0 Å². The fourth-order valence-corrected chi connectivity index (χ4v) is 2.64. The van der Waals surface area contributed by atoms with Crippen molar-refractivity contribution in [3.8, 4) is 0 Å². The van der Waals surface area contributed by atoms with Crippen molar-refractivity contribution in [2.45, 2.75) is 50.3 Å². The molecule has 1 heterocycles. The van der Waals surface area contributed by atoms with Gasteiger partial charge in [-0.15, -0.1) is 0 Å². The molecule has 1 unspecified atom stereocenters. The van der Waals surface area contributed by atoms with Crippen LogP contribution < -0.4 is 5.32 Å². The number of hydrogen-bond donors (Lipinski definition) is 1. The highest BCUT2D eigenvalue weighted by molar-refractivity contribution is 8.33. The van der Waals surface area contributed by atoms with Gasteiger partial charge in [-0.05, 0) is 49.3 Å². The lowest BCUT2D eigenvalue weighted by Crippen LogP contribution is -2.41. The lowest BCUT2D eigenvalue weighted by Gasteiger charge is -2.46. The van der Waals surface area contributed by atoms with Crippen molar-refractivity contribution < 1.29 is 0 Å². The summed E-state index contributed by atoms with van der Waals surface area (Å²) in [5, 5.41) is 3.66. The highest BCUT2D eigenvalue weighted by atomic mass is 32.3. The molecule has 0 aliphatic carbocycles. The van der Waals surface area contributed by atoms with Gasteiger partial charge in [-0.2, -0.15) is 0 Å². The van der Waals surface area contributed by atoms with Crippen LogP contribution in [0.2, 0.25) is 0 Å². The summed E-state index contributed by atoms with van der Waals surface area (Å²) in [5.41, 5.74) is 0. The molecular formula is C12H27NS. The molecule has 86 valence electrons. The Hall–Kier alpha value is 0.310. The van der Waals surface area contributed by atoms with Gasteiger partial charge in [0.2, 0.25) is 0 Å². The van der Waals surface area contributed by atoms with E-state index in [0.717, 1.165) is 6.04 Å². The summed E-state index contributed by atoms with van der Waals surface area (Å²) in [7, 11) is -0.442. The van der Waals surface area contributed by atoms with Crippen LogP contribution in [0.5, 0.6) is 0 Å². The van der Waals surface area contributed by atoms with Gasteiger partial charge in [0, 0.05) is 6.04 Å². The van der Waals surface area contributed by atoms with E-state index in [1.54, 1.807) is 0 Å². The first-order valence-electron chi connectivity index (χ1n) is 5.74. The van der Waals surface area contributed by atoms with Gasteiger partial charge in [0.25, 0.3) is 0 Å². The normalized spacial score (nSPS) is 26.2. The van der Waals surface area contributed by atoms with Crippen LogP contribution in [-0.4, -0.2) is 36.1 Å². The molecule has 2 heteroatoms. The minimum absolute atomic E-state index is 0.442. The Bertz CT molecular complexity index is 175. The number of nitrogens with one attached hydrogen (secondary N) is 1. The molecule has 1 N–H and O–H groups in total. The van der Waals surface area contributed by atoms with E-state index in [1.807, 2.05) is 0 Å². The van der Waals surface area contributed by atoms with Crippen molar-refractivity contribution >= 4 is 10.0 Å². The Morgan fingerprint density at radius 3 is 2.29 bits per heavy atom. The van der Waals surface area contributed by atoms with Gasteiger partial charge < -0.3 is 5.32 Å². The van der Waals surface area contributed by atoms with Gasteiger partial charge in [-0.25, -0.2) is 10.0 Å². The first kappa shape index (κ1) is 12.4. The van der Waals surface area contributed by atoms with Gasteiger partial charge in [0.05, 0.1) is 0 Å². The fourth-order valence-electron chi connectivity index (χ4n) is 1.94. The summed E-state index contributed by atoms with van der Waals surface area (Å²) in [5.74, 6) is 0. The molecule has 14 heavy (non-hydrogen) atoms. The molecular weight excluding hydrogens is 190 g/mol. The minimum atomic E-state index is -0.442. The number of hydrogen-bond acceptors (Lipinski definition) is 1. The van der Waals surface area contributed by atoms with E-state index in [9.17, 15) is 0 Å². The smallest absolute Gasteiger partial charge is 0.00795 e. The third-order valence-corrected chi connectivity index (χ3v) is 7.29. The Morgan fingerprint density at radius 1 is 1.21 bits per heavy atom. The lowest BCUT2D eigenvalue weighted by molar-refractivity contribution is 0.358. The molecule has 1 aliphatic heterocycles. The molecule has 0 amide bonds. The van der Waals surface area contributed by atoms with Crippen molar-refractivity contribution in [1.82, 2.24) is 5.32 Å². The Kier molecular flexibility index (Phi) is 3.93. The fraction of sp³-hybridized carbons (Fsp3) is 1.00. The topological polar surface area (TPSA) is 12.0 Å². The van der Waals surface area contributed by atoms with Crippen LogP contribution >= 0.6 is 10.0 Å². The van der Waals surface area contributed by atoms with Crippen molar-refractivity contribution in [2.24, 2.45) is 0 Å². The van der Waals surface area contributed by atoms with E-state index >= 15 is 0 Å². The van der Waals surface area contributed by atoms with Crippen LogP contribution in [0.15, 0.2) is 0 Å². The van der Waals surface area contributed by atoms with Crippen LogP contribution in [-0.2, 0) is 0 Å². The molecule has 0 radical (unpaired) electrons. The van der Waals surface area contributed by atoms with E-state index in [-0.39, 0.29) is 0 Å². The minimum Gasteiger partial charge on any atom is -0.314 e. The van der Waals surface area contributed by atoms with E-state index in [0.29, 0.717) is 4.75 Å². The zero-order chi connectivity index (χ0) is 10.8. The summed E-state index contributed by atoms with van der Waals surface area (Å²) >= 11 is 0. The van der Waals surface area contributed by atoms with Crippen LogP contribution in [0.25, 0.3) is 0 Å². The standard InChI is InChI=1S/C12H27NS/c1-12(2,14(3,4)5)10-11-8-6-7-9-13-11/h11,13H,6-10H2,1-5H3. The number of rotatable bonds is 3. The molecule has 0 saturated carbocycles. The quantitative estimate of drug-likeness (QED) is 0.766. The molecule has 1 nitrogen and oxygen atoms in total. The van der Waals surface area contributed by atoms with Crippen molar-refractivity contribution in [1.29, 1.82) is 0 Å². The van der Waals surface area contributed by atoms with E-state index < -0.39 is 10.0 Å². The molecule has 1 aliphatic rings. The zero-order valence-corrected chi connectivity index (χ0v) is 11.3. The highest BCUT2D eigenvalue weighted by Crippen LogP contribution is 2.52. The monoisotopic (exact) mass is 217 g/mol. The van der Waals surface area contributed by atoms with Crippen LogP contribution in [0.1, 0.15) is 39.5 Å². The molecule has 0 spiro atoms. The molecule has 1 fully saturated rings. The maximum Gasteiger partial charge on any atom is 0.00795 e. The predicted octanol–water partition coefficient (Wildman–Crippen LogP) is 2.99. The second-order valence-corrected chi connectivity index (χ2v) is 10.7. The average molecular weight is 217 g/mol. The molecule has 0 aromatic carbocycles. The van der Waals surface area contributed by atoms with E-state index in [2.05, 4.69) is 37.9 Å². The molecule has 0 bridgehead atoms. The summed E-state index contributed by atoms with van der Waals surface area (Å²) in [6.45, 7) is 6.12. The largest absolute Gasteiger partial charge is 0.314 e. The molecule has 0 aromatic heterocycles. The molecule has 1 rings (SSSR count). The average Bonchev–Trinajstić information content (AvgIpc) is 2.03. The summed E-state index contributed by atoms with van der Waals surface area (Å²) in [6.07, 6.45) is 12.9. The molecule has 1 atom stereocenters. The van der Waals surface area contributed by atoms with Crippen LogP contribution in [0.3, 0.4) is 0 Å². The Morgan fingerprint density at radius 2 is 1.86 bits per heavy atom. The first-order chi connectivity index (χ1) is 6.33. The Balaban J connectivity index is 2.49. The zero-order valence-electron chi connectivity index (χ0n) is 10.5. The summed E-state index contributed by atoms with van der Waals surface area (Å²) in [4.78, 5) is 0. The summed E-state index contributed by atoms with van der Waals surface area (Å²) in [6, 6.07) is 0.783. The molecule has 0 aromatic rings. The summed E-state index contributed by atoms with van der Waals surface area (Å²) < 4.78 is 0.516. The maximum absolute atomic E-state index is 3.66.